The van der Waals surface area contributed by atoms with Crippen molar-refractivity contribution in [3.8, 4) is 6.07 Å². The van der Waals surface area contributed by atoms with Crippen LogP contribution < -0.4 is 10.6 Å². The molecule has 4 nitrogen and oxygen atoms in total. The van der Waals surface area contributed by atoms with Gasteiger partial charge in [0.05, 0.1) is 25.1 Å². The van der Waals surface area contributed by atoms with Gasteiger partial charge in [-0.3, -0.25) is 4.79 Å². The molecule has 1 heterocycles. The Hall–Kier alpha value is -2.71. The van der Waals surface area contributed by atoms with E-state index in [0.29, 0.717) is 25.1 Å². The van der Waals surface area contributed by atoms with Gasteiger partial charge in [-0.05, 0) is 41.0 Å². The second-order valence-corrected chi connectivity index (χ2v) is 5.68. The van der Waals surface area contributed by atoms with Gasteiger partial charge in [-0.25, -0.2) is 4.39 Å². The normalized spacial score (nSPS) is 15.0. The Bertz CT molecular complexity index is 780. The van der Waals surface area contributed by atoms with Crippen molar-refractivity contribution in [2.24, 2.45) is 5.73 Å². The molecule has 2 N–H and O–H groups in total. The first kappa shape index (κ1) is 15.2. The van der Waals surface area contributed by atoms with Gasteiger partial charge in [0.2, 0.25) is 5.91 Å². The largest absolute Gasteiger partial charge is 0.316 e. The minimum Gasteiger partial charge on any atom is -0.316 e. The number of hydrogen-bond donors (Lipinski definition) is 1. The zero-order valence-electron chi connectivity index (χ0n) is 12.5. The maximum Gasteiger partial charge on any atom is 0.231 e. The maximum atomic E-state index is 13.0. The highest BCUT2D eigenvalue weighted by molar-refractivity contribution is 5.96. The molecule has 0 spiro atoms. The van der Waals surface area contributed by atoms with Crippen LogP contribution in [-0.2, 0) is 24.2 Å². The lowest BCUT2D eigenvalue weighted by Crippen LogP contribution is -2.36. The number of nitriles is 1. The highest BCUT2D eigenvalue weighted by Crippen LogP contribution is 2.26. The first-order valence-electron chi connectivity index (χ1n) is 7.38. The molecule has 0 radical (unpaired) electrons. The van der Waals surface area contributed by atoms with E-state index in [9.17, 15) is 9.18 Å². The van der Waals surface area contributed by atoms with Crippen LogP contribution in [0.2, 0.25) is 0 Å². The van der Waals surface area contributed by atoms with Gasteiger partial charge in [-0.15, -0.1) is 0 Å². The van der Waals surface area contributed by atoms with E-state index in [4.69, 9.17) is 11.0 Å². The summed E-state index contributed by atoms with van der Waals surface area (Å²) >= 11 is 0. The van der Waals surface area contributed by atoms with Crippen molar-refractivity contribution in [1.82, 2.24) is 0 Å². The number of fused-ring (bicyclic) bond motifs is 1. The molecule has 0 saturated carbocycles. The number of nitrogens with zero attached hydrogens (tertiary/aromatic N) is 2. The SMILES string of the molecule is N#C[C@@H](N)Cc1ccc2c(c1)CC(=O)N(c1ccc(F)cc1)C2. The van der Waals surface area contributed by atoms with Crippen LogP contribution in [0, 0.1) is 17.1 Å². The van der Waals surface area contributed by atoms with E-state index < -0.39 is 6.04 Å². The number of carbonyl (C=O) groups is 1. The fourth-order valence-corrected chi connectivity index (χ4v) is 2.80. The molecular weight excluding hydrogens is 293 g/mol. The lowest BCUT2D eigenvalue weighted by Gasteiger charge is -2.29. The predicted octanol–water partition coefficient (Wildman–Crippen LogP) is 2.31. The molecule has 0 bridgehead atoms. The Labute approximate surface area is 133 Å². The van der Waals surface area contributed by atoms with Crippen LogP contribution in [0.3, 0.4) is 0 Å². The molecule has 3 rings (SSSR count). The van der Waals surface area contributed by atoms with Gasteiger partial charge >= 0.3 is 0 Å². The lowest BCUT2D eigenvalue weighted by atomic mass is 9.94. The molecule has 2 aromatic rings. The first-order chi connectivity index (χ1) is 11.1. The quantitative estimate of drug-likeness (QED) is 0.946. The third kappa shape index (κ3) is 3.22. The summed E-state index contributed by atoms with van der Waals surface area (Å²) in [6.45, 7) is 0.463. The van der Waals surface area contributed by atoms with Crippen molar-refractivity contribution in [3.05, 3.63) is 65.0 Å². The summed E-state index contributed by atoms with van der Waals surface area (Å²) in [4.78, 5) is 14.0. The Balaban J connectivity index is 1.84. The van der Waals surface area contributed by atoms with Gasteiger partial charge in [-0.1, -0.05) is 18.2 Å². The van der Waals surface area contributed by atoms with Crippen LogP contribution >= 0.6 is 0 Å². The molecular formula is C18H16FN3O. The third-order valence-electron chi connectivity index (χ3n) is 4.00. The van der Waals surface area contributed by atoms with E-state index in [1.54, 1.807) is 17.0 Å². The smallest absolute Gasteiger partial charge is 0.231 e. The summed E-state index contributed by atoms with van der Waals surface area (Å²) in [7, 11) is 0. The maximum absolute atomic E-state index is 13.0. The Morgan fingerprint density at radius 2 is 1.96 bits per heavy atom. The number of carbonyl (C=O) groups excluding carboxylic acids is 1. The lowest BCUT2D eigenvalue weighted by molar-refractivity contribution is -0.118. The monoisotopic (exact) mass is 309 g/mol. The molecule has 0 fully saturated rings. The molecule has 1 aliphatic rings. The number of amides is 1. The van der Waals surface area contributed by atoms with Gasteiger partial charge in [0.15, 0.2) is 0 Å². The summed E-state index contributed by atoms with van der Waals surface area (Å²) < 4.78 is 13.0. The first-order valence-corrected chi connectivity index (χ1v) is 7.38. The van der Waals surface area contributed by atoms with Crippen molar-refractivity contribution < 1.29 is 9.18 Å². The van der Waals surface area contributed by atoms with E-state index in [1.807, 2.05) is 24.3 Å². The molecule has 1 atom stereocenters. The Morgan fingerprint density at radius 3 is 2.65 bits per heavy atom. The number of rotatable bonds is 3. The molecule has 23 heavy (non-hydrogen) atoms. The van der Waals surface area contributed by atoms with Gasteiger partial charge in [0, 0.05) is 12.1 Å². The van der Waals surface area contributed by atoms with Crippen LogP contribution in [-0.4, -0.2) is 11.9 Å². The second kappa shape index (κ2) is 6.19. The van der Waals surface area contributed by atoms with E-state index in [-0.39, 0.29) is 11.7 Å². The second-order valence-electron chi connectivity index (χ2n) is 5.68. The average molecular weight is 309 g/mol. The topological polar surface area (TPSA) is 70.1 Å². The van der Waals surface area contributed by atoms with E-state index in [1.165, 1.54) is 12.1 Å². The molecule has 116 valence electrons. The minimum absolute atomic E-state index is 0.0224. The highest BCUT2D eigenvalue weighted by Gasteiger charge is 2.24. The zero-order chi connectivity index (χ0) is 16.4. The predicted molar refractivity (Wildman–Crippen MR) is 85.0 cm³/mol. The number of nitrogens with two attached hydrogens (primary N) is 1. The van der Waals surface area contributed by atoms with E-state index >= 15 is 0 Å². The molecule has 0 unspecified atom stereocenters. The van der Waals surface area contributed by atoms with Gasteiger partial charge in [0.1, 0.15) is 5.82 Å². The Morgan fingerprint density at radius 1 is 1.22 bits per heavy atom. The molecule has 5 heteroatoms. The molecule has 1 amide bonds. The van der Waals surface area contributed by atoms with Crippen LogP contribution in [0.15, 0.2) is 42.5 Å². The van der Waals surface area contributed by atoms with Crippen LogP contribution in [0.25, 0.3) is 0 Å². The molecule has 0 aromatic heterocycles. The zero-order valence-corrected chi connectivity index (χ0v) is 12.5. The minimum atomic E-state index is -0.539. The van der Waals surface area contributed by atoms with E-state index in [0.717, 1.165) is 16.7 Å². The fraction of sp³-hybridized carbons (Fsp3) is 0.222. The number of halogens is 1. The van der Waals surface area contributed by atoms with Gasteiger partial charge in [0.25, 0.3) is 0 Å². The number of benzene rings is 2. The van der Waals surface area contributed by atoms with Gasteiger partial charge in [-0.2, -0.15) is 5.26 Å². The average Bonchev–Trinajstić information content (AvgIpc) is 2.55. The Kier molecular flexibility index (Phi) is 4.09. The van der Waals surface area contributed by atoms with Crippen molar-refractivity contribution in [1.29, 1.82) is 5.26 Å². The summed E-state index contributed by atoms with van der Waals surface area (Å²) in [5.74, 6) is -0.345. The standard InChI is InChI=1S/C18H16FN3O/c19-15-3-5-17(6-4-15)22-11-13-2-1-12(8-16(21)10-20)7-14(13)9-18(22)23/h1-7,16H,8-9,11,21H2/t16-/m0/s1. The van der Waals surface area contributed by atoms with Crippen molar-refractivity contribution in [2.75, 3.05) is 4.90 Å². The summed E-state index contributed by atoms with van der Waals surface area (Å²) in [5.41, 5.74) is 9.33. The van der Waals surface area contributed by atoms with Gasteiger partial charge < -0.3 is 10.6 Å². The molecule has 0 saturated heterocycles. The van der Waals surface area contributed by atoms with E-state index in [2.05, 4.69) is 0 Å². The summed E-state index contributed by atoms with van der Waals surface area (Å²) in [5, 5.41) is 8.79. The number of anilines is 1. The van der Waals surface area contributed by atoms with Crippen LogP contribution in [0.5, 0.6) is 0 Å². The summed E-state index contributed by atoms with van der Waals surface area (Å²) in [6, 6.07) is 13.3. The molecule has 2 aromatic carbocycles. The molecule has 1 aliphatic heterocycles. The van der Waals surface area contributed by atoms with Crippen molar-refractivity contribution >= 4 is 11.6 Å². The third-order valence-corrected chi connectivity index (χ3v) is 4.00. The van der Waals surface area contributed by atoms with Crippen molar-refractivity contribution in [3.63, 3.8) is 0 Å². The molecule has 0 aliphatic carbocycles. The summed E-state index contributed by atoms with van der Waals surface area (Å²) in [6.07, 6.45) is 0.766. The van der Waals surface area contributed by atoms with Crippen molar-refractivity contribution in [2.45, 2.75) is 25.4 Å². The number of hydrogen-bond acceptors (Lipinski definition) is 3. The van der Waals surface area contributed by atoms with Crippen LogP contribution in [0.1, 0.15) is 16.7 Å². The fourth-order valence-electron chi connectivity index (χ4n) is 2.80. The van der Waals surface area contributed by atoms with Crippen LogP contribution in [0.4, 0.5) is 10.1 Å². The highest BCUT2D eigenvalue weighted by atomic mass is 19.1.